The molecule has 0 bridgehead atoms. The van der Waals surface area contributed by atoms with E-state index in [1.807, 2.05) is 11.0 Å². The van der Waals surface area contributed by atoms with Gasteiger partial charge in [0.1, 0.15) is 5.82 Å². The molecule has 0 spiro atoms. The Labute approximate surface area is 134 Å². The molecule has 0 radical (unpaired) electrons. The Morgan fingerprint density at radius 1 is 1.26 bits per heavy atom. The third-order valence-corrected chi connectivity index (χ3v) is 4.45. The van der Waals surface area contributed by atoms with Crippen LogP contribution in [0.3, 0.4) is 0 Å². The van der Waals surface area contributed by atoms with Gasteiger partial charge in [0.2, 0.25) is 0 Å². The molecule has 2 aromatic heterocycles. The summed E-state index contributed by atoms with van der Waals surface area (Å²) in [5.41, 5.74) is 3.97. The fraction of sp³-hybridized carbons (Fsp3) is 0.278. The van der Waals surface area contributed by atoms with Gasteiger partial charge in [0.25, 0.3) is 5.91 Å². The largest absolute Gasteiger partial charge is 0.342 e. The van der Waals surface area contributed by atoms with Gasteiger partial charge >= 0.3 is 0 Å². The zero-order chi connectivity index (χ0) is 15.8. The summed E-state index contributed by atoms with van der Waals surface area (Å²) in [5, 5.41) is 0. The number of fused-ring (bicyclic) bond motifs is 1. The number of nitrogens with one attached hydrogen (secondary N) is 1. The van der Waals surface area contributed by atoms with Crippen LogP contribution in [0.2, 0.25) is 0 Å². The van der Waals surface area contributed by atoms with E-state index in [1.54, 1.807) is 24.5 Å². The molecular formula is C18H18N4O. The first-order valence-corrected chi connectivity index (χ1v) is 7.86. The van der Waals surface area contributed by atoms with Crippen molar-refractivity contribution >= 4 is 16.9 Å². The van der Waals surface area contributed by atoms with Crippen LogP contribution in [0.25, 0.3) is 11.0 Å². The van der Waals surface area contributed by atoms with Gasteiger partial charge in [-0.05, 0) is 43.2 Å². The van der Waals surface area contributed by atoms with Crippen LogP contribution < -0.4 is 0 Å². The fourth-order valence-electron chi connectivity index (χ4n) is 3.18. The van der Waals surface area contributed by atoms with Gasteiger partial charge in [-0.3, -0.25) is 9.78 Å². The van der Waals surface area contributed by atoms with Crippen LogP contribution >= 0.6 is 0 Å². The maximum atomic E-state index is 12.5. The number of hydrogen-bond donors (Lipinski definition) is 1. The van der Waals surface area contributed by atoms with Gasteiger partial charge in [0.15, 0.2) is 0 Å². The van der Waals surface area contributed by atoms with Crippen molar-refractivity contribution < 1.29 is 4.79 Å². The summed E-state index contributed by atoms with van der Waals surface area (Å²) >= 11 is 0. The summed E-state index contributed by atoms with van der Waals surface area (Å²) in [5.74, 6) is 1.32. The zero-order valence-corrected chi connectivity index (χ0v) is 13.0. The molecule has 1 amide bonds. The molecule has 0 aliphatic carbocycles. The van der Waals surface area contributed by atoms with Gasteiger partial charge in [0.05, 0.1) is 11.0 Å². The predicted molar refractivity (Wildman–Crippen MR) is 88.3 cm³/mol. The maximum Gasteiger partial charge on any atom is 0.253 e. The predicted octanol–water partition coefficient (Wildman–Crippen LogP) is 2.90. The van der Waals surface area contributed by atoms with Crippen LogP contribution in [0.1, 0.15) is 34.1 Å². The highest BCUT2D eigenvalue weighted by Crippen LogP contribution is 2.28. The van der Waals surface area contributed by atoms with Crippen molar-refractivity contribution in [1.29, 1.82) is 0 Å². The number of aromatic amines is 1. The molecule has 1 N–H and O–H groups in total. The first-order chi connectivity index (χ1) is 11.2. The van der Waals surface area contributed by atoms with Gasteiger partial charge in [-0.2, -0.15) is 0 Å². The van der Waals surface area contributed by atoms with E-state index in [2.05, 4.69) is 29.0 Å². The molecule has 1 aromatic carbocycles. The van der Waals surface area contributed by atoms with E-state index in [9.17, 15) is 4.79 Å². The first kappa shape index (κ1) is 13.9. The van der Waals surface area contributed by atoms with E-state index in [0.717, 1.165) is 29.8 Å². The fourth-order valence-corrected chi connectivity index (χ4v) is 3.18. The van der Waals surface area contributed by atoms with E-state index < -0.39 is 0 Å². The Balaban J connectivity index is 1.54. The standard InChI is InChI=1S/C18H18N4O/c1-12-2-3-15-16(10-12)21-17(20-15)14-6-9-22(11-14)18(23)13-4-7-19-8-5-13/h2-5,7-8,10,14H,6,9,11H2,1H3,(H,20,21). The molecule has 0 saturated carbocycles. The van der Waals surface area contributed by atoms with Crippen molar-refractivity contribution in [2.75, 3.05) is 13.1 Å². The number of rotatable bonds is 2. The summed E-state index contributed by atoms with van der Waals surface area (Å²) in [6.07, 6.45) is 4.25. The Bertz CT molecular complexity index is 856. The van der Waals surface area contributed by atoms with Gasteiger partial charge in [-0.1, -0.05) is 6.07 Å². The average molecular weight is 306 g/mol. The van der Waals surface area contributed by atoms with E-state index in [0.29, 0.717) is 12.1 Å². The van der Waals surface area contributed by atoms with E-state index in [1.165, 1.54) is 5.56 Å². The summed E-state index contributed by atoms with van der Waals surface area (Å²) in [6.45, 7) is 3.55. The van der Waals surface area contributed by atoms with Crippen molar-refractivity contribution in [1.82, 2.24) is 19.9 Å². The van der Waals surface area contributed by atoms with Gasteiger partial charge < -0.3 is 9.88 Å². The molecule has 3 aromatic rings. The minimum absolute atomic E-state index is 0.0712. The van der Waals surface area contributed by atoms with Crippen molar-refractivity contribution in [3.05, 3.63) is 59.7 Å². The van der Waals surface area contributed by atoms with Crippen LogP contribution in [-0.4, -0.2) is 38.8 Å². The van der Waals surface area contributed by atoms with Crippen LogP contribution in [0.5, 0.6) is 0 Å². The Morgan fingerprint density at radius 3 is 2.91 bits per heavy atom. The molecule has 1 aliphatic rings. The molecule has 4 rings (SSSR count). The van der Waals surface area contributed by atoms with Crippen molar-refractivity contribution in [3.8, 4) is 0 Å². The summed E-state index contributed by atoms with van der Waals surface area (Å²) in [6, 6.07) is 9.75. The molecule has 1 fully saturated rings. The SMILES string of the molecule is Cc1ccc2nc(C3CCN(C(=O)c4ccncc4)C3)[nH]c2c1. The minimum Gasteiger partial charge on any atom is -0.342 e. The van der Waals surface area contributed by atoms with Crippen LogP contribution in [0.15, 0.2) is 42.7 Å². The second-order valence-electron chi connectivity index (χ2n) is 6.12. The lowest BCUT2D eigenvalue weighted by Gasteiger charge is -2.15. The normalized spacial score (nSPS) is 17.8. The summed E-state index contributed by atoms with van der Waals surface area (Å²) < 4.78 is 0. The average Bonchev–Trinajstić information content (AvgIpc) is 3.21. The summed E-state index contributed by atoms with van der Waals surface area (Å²) in [7, 11) is 0. The van der Waals surface area contributed by atoms with E-state index in [-0.39, 0.29) is 11.8 Å². The number of amides is 1. The van der Waals surface area contributed by atoms with Crippen LogP contribution in [-0.2, 0) is 0 Å². The number of benzene rings is 1. The van der Waals surface area contributed by atoms with Crippen molar-refractivity contribution in [2.45, 2.75) is 19.3 Å². The van der Waals surface area contributed by atoms with Crippen molar-refractivity contribution in [3.63, 3.8) is 0 Å². The number of H-pyrrole nitrogens is 1. The van der Waals surface area contributed by atoms with Crippen molar-refractivity contribution in [2.24, 2.45) is 0 Å². The van der Waals surface area contributed by atoms with Crippen LogP contribution in [0, 0.1) is 6.92 Å². The molecule has 1 atom stereocenters. The second-order valence-corrected chi connectivity index (χ2v) is 6.12. The second kappa shape index (κ2) is 5.50. The lowest BCUT2D eigenvalue weighted by molar-refractivity contribution is 0.0790. The lowest BCUT2D eigenvalue weighted by Crippen LogP contribution is -2.28. The third-order valence-electron chi connectivity index (χ3n) is 4.45. The molecule has 23 heavy (non-hydrogen) atoms. The molecular weight excluding hydrogens is 288 g/mol. The van der Waals surface area contributed by atoms with E-state index >= 15 is 0 Å². The Morgan fingerprint density at radius 2 is 2.09 bits per heavy atom. The monoisotopic (exact) mass is 306 g/mol. The quantitative estimate of drug-likeness (QED) is 0.792. The van der Waals surface area contributed by atoms with Gasteiger partial charge in [0, 0.05) is 37.0 Å². The van der Waals surface area contributed by atoms with Gasteiger partial charge in [-0.15, -0.1) is 0 Å². The van der Waals surface area contributed by atoms with E-state index in [4.69, 9.17) is 4.98 Å². The minimum atomic E-state index is 0.0712. The number of imidazole rings is 1. The highest BCUT2D eigenvalue weighted by Gasteiger charge is 2.29. The molecule has 1 saturated heterocycles. The molecule has 1 aliphatic heterocycles. The number of aromatic nitrogens is 3. The summed E-state index contributed by atoms with van der Waals surface area (Å²) in [4.78, 5) is 26.5. The molecule has 3 heterocycles. The molecule has 5 nitrogen and oxygen atoms in total. The number of carbonyl (C=O) groups excluding carboxylic acids is 1. The molecule has 116 valence electrons. The topological polar surface area (TPSA) is 61.9 Å². The number of nitrogens with zero attached hydrogens (tertiary/aromatic N) is 3. The Hall–Kier alpha value is -2.69. The third kappa shape index (κ3) is 2.59. The number of likely N-dealkylation sites (tertiary alicyclic amines) is 1. The lowest BCUT2D eigenvalue weighted by atomic mass is 10.1. The number of pyridine rings is 1. The maximum absolute atomic E-state index is 12.5. The Kier molecular flexibility index (Phi) is 3.33. The number of hydrogen-bond acceptors (Lipinski definition) is 3. The van der Waals surface area contributed by atoms with Gasteiger partial charge in [-0.25, -0.2) is 4.98 Å². The first-order valence-electron chi connectivity index (χ1n) is 7.86. The number of aryl methyl sites for hydroxylation is 1. The molecule has 1 unspecified atom stereocenters. The number of carbonyl (C=O) groups is 1. The van der Waals surface area contributed by atoms with Crippen LogP contribution in [0.4, 0.5) is 0 Å². The smallest absolute Gasteiger partial charge is 0.253 e. The highest BCUT2D eigenvalue weighted by molar-refractivity contribution is 5.94. The zero-order valence-electron chi connectivity index (χ0n) is 13.0. The molecule has 5 heteroatoms. The highest BCUT2D eigenvalue weighted by atomic mass is 16.2.